The summed E-state index contributed by atoms with van der Waals surface area (Å²) >= 11 is 6.24. The lowest BCUT2D eigenvalue weighted by Crippen LogP contribution is -2.27. The average Bonchev–Trinajstić information content (AvgIpc) is 3.35. The highest BCUT2D eigenvalue weighted by molar-refractivity contribution is 6.31. The highest BCUT2D eigenvalue weighted by atomic mass is 35.5. The Morgan fingerprint density at radius 3 is 2.72 bits per heavy atom. The summed E-state index contributed by atoms with van der Waals surface area (Å²) in [6, 6.07) is 8.46. The number of ether oxygens (including phenoxy) is 1. The van der Waals surface area contributed by atoms with E-state index < -0.39 is 4.92 Å². The van der Waals surface area contributed by atoms with Crippen molar-refractivity contribution in [2.75, 3.05) is 6.54 Å². The van der Waals surface area contributed by atoms with Crippen LogP contribution in [0, 0.1) is 24.0 Å². The summed E-state index contributed by atoms with van der Waals surface area (Å²) in [5.74, 6) is 1.02. The molecule has 1 amide bonds. The predicted molar refractivity (Wildman–Crippen MR) is 119 cm³/mol. The summed E-state index contributed by atoms with van der Waals surface area (Å²) in [7, 11) is 0. The van der Waals surface area contributed by atoms with E-state index in [0.29, 0.717) is 23.0 Å². The molecule has 0 saturated carbocycles. The number of aromatic nitrogens is 2. The van der Waals surface area contributed by atoms with Gasteiger partial charge in [0, 0.05) is 11.6 Å². The van der Waals surface area contributed by atoms with Crippen molar-refractivity contribution in [1.82, 2.24) is 15.1 Å². The number of rotatable bonds is 9. The molecule has 2 aromatic heterocycles. The molecule has 0 radical (unpaired) electrons. The van der Waals surface area contributed by atoms with E-state index >= 15 is 0 Å². The van der Waals surface area contributed by atoms with Crippen LogP contribution in [0.1, 0.15) is 52.9 Å². The number of aryl methyl sites for hydroxylation is 2. The third-order valence-corrected chi connectivity index (χ3v) is 5.34. The topological polar surface area (TPSA) is 112 Å². The van der Waals surface area contributed by atoms with Crippen molar-refractivity contribution < 1.29 is 18.9 Å². The van der Waals surface area contributed by atoms with Gasteiger partial charge in [0.25, 0.3) is 5.91 Å². The van der Waals surface area contributed by atoms with Crippen LogP contribution in [0.2, 0.25) is 5.02 Å². The summed E-state index contributed by atoms with van der Waals surface area (Å²) < 4.78 is 13.0. The van der Waals surface area contributed by atoms with Gasteiger partial charge in [0.05, 0.1) is 23.4 Å². The lowest BCUT2D eigenvalue weighted by atomic mass is 10.0. The SMILES string of the molecule is Cc1cc(OCc2ccc(C(=O)NCCn3nc([N+](=O)[O-])cc3C)o2)c(C(C)C)cc1Cl. The third-order valence-electron chi connectivity index (χ3n) is 4.93. The highest BCUT2D eigenvalue weighted by Crippen LogP contribution is 2.32. The van der Waals surface area contributed by atoms with Crippen LogP contribution in [0.4, 0.5) is 5.82 Å². The molecular formula is C22H25ClN4O5. The van der Waals surface area contributed by atoms with E-state index in [1.54, 1.807) is 19.1 Å². The standard InChI is InChI=1S/C22H25ClN4O5/c1-13(2)17-11-18(23)14(3)9-20(17)31-12-16-5-6-19(32-16)22(28)24-7-8-26-15(4)10-21(25-26)27(29)30/h5-6,9-11,13H,7-8,12H2,1-4H3,(H,24,28). The number of carbonyl (C=O) groups is 1. The molecule has 170 valence electrons. The maximum Gasteiger partial charge on any atom is 0.390 e. The van der Waals surface area contributed by atoms with E-state index in [1.807, 2.05) is 19.1 Å². The van der Waals surface area contributed by atoms with Gasteiger partial charge >= 0.3 is 5.82 Å². The van der Waals surface area contributed by atoms with E-state index in [4.69, 9.17) is 20.8 Å². The van der Waals surface area contributed by atoms with Gasteiger partial charge in [0.2, 0.25) is 0 Å². The van der Waals surface area contributed by atoms with E-state index in [2.05, 4.69) is 24.3 Å². The quantitative estimate of drug-likeness (QED) is 0.363. The van der Waals surface area contributed by atoms with Gasteiger partial charge in [0.1, 0.15) is 18.1 Å². The van der Waals surface area contributed by atoms with Crippen molar-refractivity contribution in [3.8, 4) is 5.75 Å². The van der Waals surface area contributed by atoms with E-state index in [-0.39, 0.29) is 36.6 Å². The zero-order chi connectivity index (χ0) is 23.4. The maximum atomic E-state index is 12.3. The van der Waals surface area contributed by atoms with Gasteiger partial charge in [-0.25, -0.2) is 0 Å². The monoisotopic (exact) mass is 460 g/mol. The summed E-state index contributed by atoms with van der Waals surface area (Å²) in [5.41, 5.74) is 2.56. The minimum absolute atomic E-state index is 0.156. The zero-order valence-corrected chi connectivity index (χ0v) is 19.1. The third kappa shape index (κ3) is 5.47. The molecule has 10 heteroatoms. The van der Waals surface area contributed by atoms with Crippen LogP contribution in [0.15, 0.2) is 34.7 Å². The van der Waals surface area contributed by atoms with Gasteiger partial charge in [-0.1, -0.05) is 25.4 Å². The summed E-state index contributed by atoms with van der Waals surface area (Å²) in [5, 5.41) is 18.1. The Balaban J connectivity index is 1.56. The molecule has 0 aliphatic heterocycles. The van der Waals surface area contributed by atoms with Crippen LogP contribution in [-0.4, -0.2) is 27.2 Å². The van der Waals surface area contributed by atoms with Crippen molar-refractivity contribution >= 4 is 23.3 Å². The number of benzene rings is 1. The van der Waals surface area contributed by atoms with Crippen LogP contribution in [0.25, 0.3) is 0 Å². The van der Waals surface area contributed by atoms with Gasteiger partial charge in [-0.15, -0.1) is 0 Å². The molecule has 2 heterocycles. The van der Waals surface area contributed by atoms with Gasteiger partial charge in [-0.2, -0.15) is 4.68 Å². The van der Waals surface area contributed by atoms with E-state index in [0.717, 1.165) is 16.9 Å². The summed E-state index contributed by atoms with van der Waals surface area (Å²) in [6.07, 6.45) is 0. The minimum Gasteiger partial charge on any atom is -0.485 e. The lowest BCUT2D eigenvalue weighted by Gasteiger charge is -2.15. The molecule has 0 aliphatic rings. The van der Waals surface area contributed by atoms with E-state index in [9.17, 15) is 14.9 Å². The number of hydrogen-bond donors (Lipinski definition) is 1. The first kappa shape index (κ1) is 23.3. The zero-order valence-electron chi connectivity index (χ0n) is 18.3. The Morgan fingerprint density at radius 1 is 1.31 bits per heavy atom. The second kappa shape index (κ2) is 9.86. The van der Waals surface area contributed by atoms with Gasteiger partial charge in [-0.3, -0.25) is 4.79 Å². The Morgan fingerprint density at radius 2 is 2.06 bits per heavy atom. The van der Waals surface area contributed by atoms with Crippen molar-refractivity contribution in [3.05, 3.63) is 73.8 Å². The Bertz CT molecular complexity index is 1140. The second-order valence-corrected chi connectivity index (χ2v) is 8.14. The Labute approximate surface area is 190 Å². The number of halogens is 1. The predicted octanol–water partition coefficient (Wildman–Crippen LogP) is 4.79. The Hall–Kier alpha value is -3.33. The van der Waals surface area contributed by atoms with Crippen LogP contribution in [0.5, 0.6) is 5.75 Å². The second-order valence-electron chi connectivity index (χ2n) is 7.73. The molecule has 9 nitrogen and oxygen atoms in total. The van der Waals surface area contributed by atoms with Gasteiger partial charge < -0.3 is 24.6 Å². The first-order valence-electron chi connectivity index (χ1n) is 10.1. The largest absolute Gasteiger partial charge is 0.485 e. The van der Waals surface area contributed by atoms with Crippen LogP contribution in [-0.2, 0) is 13.2 Å². The molecular weight excluding hydrogens is 436 g/mol. The van der Waals surface area contributed by atoms with Crippen molar-refractivity contribution in [3.63, 3.8) is 0 Å². The van der Waals surface area contributed by atoms with Crippen molar-refractivity contribution in [2.24, 2.45) is 0 Å². The average molecular weight is 461 g/mol. The number of amides is 1. The van der Waals surface area contributed by atoms with Gasteiger partial charge in [-0.05, 0) is 60.1 Å². The number of hydrogen-bond acceptors (Lipinski definition) is 6. The first-order chi connectivity index (χ1) is 15.2. The van der Waals surface area contributed by atoms with Crippen LogP contribution in [0.3, 0.4) is 0 Å². The number of nitro groups is 1. The molecule has 0 fully saturated rings. The number of carbonyl (C=O) groups excluding carboxylic acids is 1. The van der Waals surface area contributed by atoms with Crippen molar-refractivity contribution in [1.29, 1.82) is 0 Å². The number of nitrogens with zero attached hydrogens (tertiary/aromatic N) is 3. The lowest BCUT2D eigenvalue weighted by molar-refractivity contribution is -0.389. The molecule has 3 rings (SSSR count). The fourth-order valence-electron chi connectivity index (χ4n) is 3.14. The highest BCUT2D eigenvalue weighted by Gasteiger charge is 2.17. The summed E-state index contributed by atoms with van der Waals surface area (Å²) in [4.78, 5) is 22.6. The molecule has 0 saturated heterocycles. The Kier molecular flexibility index (Phi) is 7.19. The van der Waals surface area contributed by atoms with Crippen LogP contribution < -0.4 is 10.1 Å². The fraction of sp³-hybridized carbons (Fsp3) is 0.364. The molecule has 0 atom stereocenters. The van der Waals surface area contributed by atoms with E-state index in [1.165, 1.54) is 10.7 Å². The first-order valence-corrected chi connectivity index (χ1v) is 10.5. The summed E-state index contributed by atoms with van der Waals surface area (Å²) in [6.45, 7) is 8.47. The molecule has 1 aromatic carbocycles. The molecule has 0 spiro atoms. The maximum absolute atomic E-state index is 12.3. The minimum atomic E-state index is -0.552. The number of nitrogens with one attached hydrogen (secondary N) is 1. The van der Waals surface area contributed by atoms with Crippen LogP contribution >= 0.6 is 11.6 Å². The normalized spacial score (nSPS) is 11.1. The molecule has 0 unspecified atom stereocenters. The molecule has 32 heavy (non-hydrogen) atoms. The molecule has 0 bridgehead atoms. The molecule has 1 N–H and O–H groups in total. The van der Waals surface area contributed by atoms with Gasteiger partial charge in [0.15, 0.2) is 5.76 Å². The molecule has 3 aromatic rings. The fourth-order valence-corrected chi connectivity index (χ4v) is 3.32. The number of furan rings is 1. The van der Waals surface area contributed by atoms with Crippen molar-refractivity contribution in [2.45, 2.75) is 46.8 Å². The molecule has 0 aliphatic carbocycles. The smallest absolute Gasteiger partial charge is 0.390 e.